The minimum Gasteiger partial charge on any atom is -0.495 e. The van der Waals surface area contributed by atoms with Gasteiger partial charge in [0.05, 0.1) is 19.9 Å². The molecular weight excluding hydrogens is 380 g/mol. The molecule has 3 aromatic rings. The SMILES string of the molecule is COc1ccc([C@H]2C[C@@H]2COc2cc(CCc3ccc(C)cn3)c(=O)n(C)n2)nc1. The van der Waals surface area contributed by atoms with E-state index in [0.717, 1.165) is 29.1 Å². The van der Waals surface area contributed by atoms with Crippen molar-refractivity contribution in [2.45, 2.75) is 32.1 Å². The van der Waals surface area contributed by atoms with E-state index < -0.39 is 0 Å². The predicted octanol–water partition coefficient (Wildman–Crippen LogP) is 2.86. The number of pyridine rings is 2. The van der Waals surface area contributed by atoms with Gasteiger partial charge in [0.15, 0.2) is 0 Å². The van der Waals surface area contributed by atoms with Gasteiger partial charge in [0.2, 0.25) is 5.88 Å². The molecule has 1 saturated carbocycles. The summed E-state index contributed by atoms with van der Waals surface area (Å²) in [7, 11) is 3.29. The van der Waals surface area contributed by atoms with Crippen molar-refractivity contribution in [3.63, 3.8) is 0 Å². The smallest absolute Gasteiger partial charge is 0.269 e. The molecular formula is C23H26N4O3. The lowest BCUT2D eigenvalue weighted by Gasteiger charge is -2.09. The van der Waals surface area contributed by atoms with Gasteiger partial charge in [-0.25, -0.2) is 4.68 Å². The van der Waals surface area contributed by atoms with Crippen LogP contribution in [0.3, 0.4) is 0 Å². The maximum absolute atomic E-state index is 12.4. The molecule has 3 heterocycles. The highest BCUT2D eigenvalue weighted by Crippen LogP contribution is 2.46. The number of hydrogen-bond acceptors (Lipinski definition) is 6. The first-order chi connectivity index (χ1) is 14.5. The summed E-state index contributed by atoms with van der Waals surface area (Å²) in [4.78, 5) is 21.3. The zero-order valence-corrected chi connectivity index (χ0v) is 17.5. The van der Waals surface area contributed by atoms with Gasteiger partial charge in [-0.15, -0.1) is 5.10 Å². The summed E-state index contributed by atoms with van der Waals surface area (Å²) in [6.45, 7) is 2.57. The fourth-order valence-corrected chi connectivity index (χ4v) is 3.52. The molecule has 4 rings (SSSR count). The number of hydrogen-bond donors (Lipinski definition) is 0. The fourth-order valence-electron chi connectivity index (χ4n) is 3.52. The summed E-state index contributed by atoms with van der Waals surface area (Å²) in [5, 5.41) is 4.25. The minimum absolute atomic E-state index is 0.0961. The summed E-state index contributed by atoms with van der Waals surface area (Å²) in [6, 6.07) is 9.73. The zero-order valence-electron chi connectivity index (χ0n) is 17.5. The number of ether oxygens (including phenoxy) is 2. The summed E-state index contributed by atoms with van der Waals surface area (Å²) in [6.07, 6.45) is 5.93. The second-order valence-electron chi connectivity index (χ2n) is 7.80. The van der Waals surface area contributed by atoms with Crippen LogP contribution in [0.5, 0.6) is 11.6 Å². The molecule has 30 heavy (non-hydrogen) atoms. The lowest BCUT2D eigenvalue weighted by molar-refractivity contribution is 0.277. The molecule has 0 aromatic carbocycles. The maximum atomic E-state index is 12.4. The number of rotatable bonds is 8. The molecule has 156 valence electrons. The summed E-state index contributed by atoms with van der Waals surface area (Å²) in [5.74, 6) is 2.05. The fraction of sp³-hybridized carbons (Fsp3) is 0.391. The quantitative estimate of drug-likeness (QED) is 0.572. The van der Waals surface area contributed by atoms with Gasteiger partial charge in [0.25, 0.3) is 5.56 Å². The van der Waals surface area contributed by atoms with Gasteiger partial charge in [0, 0.05) is 48.1 Å². The van der Waals surface area contributed by atoms with Gasteiger partial charge in [-0.2, -0.15) is 0 Å². The summed E-state index contributed by atoms with van der Waals surface area (Å²) >= 11 is 0. The Bertz CT molecular complexity index is 1060. The molecule has 7 heteroatoms. The van der Waals surface area contributed by atoms with Crippen LogP contribution in [0.4, 0.5) is 0 Å². The van der Waals surface area contributed by atoms with E-state index in [9.17, 15) is 4.79 Å². The van der Waals surface area contributed by atoms with Crippen LogP contribution >= 0.6 is 0 Å². The van der Waals surface area contributed by atoms with E-state index in [1.54, 1.807) is 26.4 Å². The van der Waals surface area contributed by atoms with Crippen molar-refractivity contribution in [3.05, 3.63) is 75.6 Å². The largest absolute Gasteiger partial charge is 0.495 e. The Morgan fingerprint density at radius 3 is 2.70 bits per heavy atom. The van der Waals surface area contributed by atoms with E-state index in [4.69, 9.17) is 9.47 Å². The molecule has 1 aliphatic rings. The highest BCUT2D eigenvalue weighted by atomic mass is 16.5. The number of methoxy groups -OCH3 is 1. The Morgan fingerprint density at radius 2 is 2.00 bits per heavy atom. The summed E-state index contributed by atoms with van der Waals surface area (Å²) < 4.78 is 12.4. The van der Waals surface area contributed by atoms with Gasteiger partial charge in [-0.3, -0.25) is 14.8 Å². The lowest BCUT2D eigenvalue weighted by atomic mass is 10.1. The van der Waals surface area contributed by atoms with Crippen molar-refractivity contribution >= 4 is 0 Å². The molecule has 2 atom stereocenters. The average molecular weight is 406 g/mol. The van der Waals surface area contributed by atoms with Crippen LogP contribution < -0.4 is 15.0 Å². The molecule has 0 N–H and O–H groups in total. The minimum atomic E-state index is -0.0961. The Morgan fingerprint density at radius 1 is 1.13 bits per heavy atom. The molecule has 0 aliphatic heterocycles. The van der Waals surface area contributed by atoms with Crippen molar-refractivity contribution in [2.24, 2.45) is 13.0 Å². The van der Waals surface area contributed by atoms with Gasteiger partial charge < -0.3 is 9.47 Å². The third-order valence-corrected chi connectivity index (χ3v) is 5.48. The van der Waals surface area contributed by atoms with Crippen molar-refractivity contribution in [1.29, 1.82) is 0 Å². The van der Waals surface area contributed by atoms with Crippen LogP contribution in [0.25, 0.3) is 0 Å². The van der Waals surface area contributed by atoms with Gasteiger partial charge in [0.1, 0.15) is 5.75 Å². The van der Waals surface area contributed by atoms with Crippen LogP contribution in [0.2, 0.25) is 0 Å². The molecule has 3 aromatic heterocycles. The third-order valence-electron chi connectivity index (χ3n) is 5.48. The van der Waals surface area contributed by atoms with Gasteiger partial charge >= 0.3 is 0 Å². The molecule has 1 fully saturated rings. The van der Waals surface area contributed by atoms with Crippen molar-refractivity contribution < 1.29 is 9.47 Å². The normalized spacial score (nSPS) is 17.6. The van der Waals surface area contributed by atoms with E-state index in [0.29, 0.717) is 42.7 Å². The van der Waals surface area contributed by atoms with Crippen LogP contribution in [-0.2, 0) is 19.9 Å². The number of aromatic nitrogens is 4. The molecule has 0 saturated heterocycles. The van der Waals surface area contributed by atoms with Crippen LogP contribution in [0, 0.1) is 12.8 Å². The van der Waals surface area contributed by atoms with Crippen molar-refractivity contribution in [3.8, 4) is 11.6 Å². The average Bonchev–Trinajstić information content (AvgIpc) is 3.54. The van der Waals surface area contributed by atoms with Crippen molar-refractivity contribution in [1.82, 2.24) is 19.7 Å². The second kappa shape index (κ2) is 8.65. The highest BCUT2D eigenvalue weighted by Gasteiger charge is 2.40. The first kappa shape index (κ1) is 20.1. The first-order valence-corrected chi connectivity index (χ1v) is 10.1. The van der Waals surface area contributed by atoms with Crippen LogP contribution in [0.15, 0.2) is 47.5 Å². The van der Waals surface area contributed by atoms with E-state index in [2.05, 4.69) is 15.1 Å². The van der Waals surface area contributed by atoms with Gasteiger partial charge in [-0.1, -0.05) is 6.07 Å². The Kier molecular flexibility index (Phi) is 5.79. The predicted molar refractivity (Wildman–Crippen MR) is 113 cm³/mol. The van der Waals surface area contributed by atoms with Crippen LogP contribution in [0.1, 0.15) is 34.9 Å². The second-order valence-corrected chi connectivity index (χ2v) is 7.80. The monoisotopic (exact) mass is 406 g/mol. The Hall–Kier alpha value is -3.22. The molecule has 0 spiro atoms. The van der Waals surface area contributed by atoms with Gasteiger partial charge in [-0.05, 0) is 49.9 Å². The standard InChI is InChI=1S/C23H26N4O3/c1-15-4-6-18(24-12-15)7-5-16-11-22(26-27(2)23(16)28)30-14-17-10-20(17)21-9-8-19(29-3)13-25-21/h4,6,8-9,11-13,17,20H,5,7,10,14H2,1-3H3/t17-,20+/m1/s1. The molecule has 0 bridgehead atoms. The Balaban J connectivity index is 1.36. The molecule has 1 aliphatic carbocycles. The topological polar surface area (TPSA) is 79.1 Å². The zero-order chi connectivity index (χ0) is 21.1. The summed E-state index contributed by atoms with van der Waals surface area (Å²) in [5.41, 5.74) is 3.74. The number of nitrogens with zero attached hydrogens (tertiary/aromatic N) is 4. The first-order valence-electron chi connectivity index (χ1n) is 10.1. The highest BCUT2D eigenvalue weighted by molar-refractivity contribution is 5.26. The molecule has 0 radical (unpaired) electrons. The van der Waals surface area contributed by atoms with E-state index in [1.165, 1.54) is 4.68 Å². The lowest BCUT2D eigenvalue weighted by Crippen LogP contribution is -2.24. The number of aryl methyl sites for hydroxylation is 4. The maximum Gasteiger partial charge on any atom is 0.269 e. The van der Waals surface area contributed by atoms with Crippen molar-refractivity contribution in [2.75, 3.05) is 13.7 Å². The van der Waals surface area contributed by atoms with E-state index in [1.807, 2.05) is 37.4 Å². The Labute approximate surface area is 175 Å². The van der Waals surface area contributed by atoms with E-state index >= 15 is 0 Å². The third kappa shape index (κ3) is 4.67. The van der Waals surface area contributed by atoms with Crippen LogP contribution in [-0.4, -0.2) is 33.5 Å². The molecule has 7 nitrogen and oxygen atoms in total. The molecule has 0 amide bonds. The van der Waals surface area contributed by atoms with E-state index in [-0.39, 0.29) is 5.56 Å². The molecule has 0 unspecified atom stereocenters.